The summed E-state index contributed by atoms with van der Waals surface area (Å²) >= 11 is 0. The van der Waals surface area contributed by atoms with E-state index in [1.807, 2.05) is 0 Å². The van der Waals surface area contributed by atoms with Gasteiger partial charge in [0.1, 0.15) is 5.54 Å². The number of nitrogens with zero attached hydrogens (tertiary/aromatic N) is 2. The molecule has 5 heteroatoms. The summed E-state index contributed by atoms with van der Waals surface area (Å²) in [7, 11) is 0. The molecule has 3 saturated heterocycles. The topological polar surface area (TPSA) is 42.0 Å². The van der Waals surface area contributed by atoms with E-state index in [1.54, 1.807) is 0 Å². The first-order valence-corrected chi connectivity index (χ1v) is 10.5. The van der Waals surface area contributed by atoms with E-state index in [-0.39, 0.29) is 5.91 Å². The van der Waals surface area contributed by atoms with Crippen molar-refractivity contribution in [3.8, 4) is 0 Å². The summed E-state index contributed by atoms with van der Waals surface area (Å²) in [4.78, 5) is 17.7. The van der Waals surface area contributed by atoms with Crippen LogP contribution in [-0.2, 0) is 14.3 Å². The van der Waals surface area contributed by atoms with Gasteiger partial charge in [-0.3, -0.25) is 9.69 Å². The van der Waals surface area contributed by atoms with Crippen LogP contribution in [0.2, 0.25) is 0 Å². The van der Waals surface area contributed by atoms with E-state index < -0.39 is 5.54 Å². The quantitative estimate of drug-likeness (QED) is 0.800. The van der Waals surface area contributed by atoms with E-state index in [4.69, 9.17) is 9.47 Å². The van der Waals surface area contributed by atoms with Crippen LogP contribution in [0.3, 0.4) is 0 Å². The van der Waals surface area contributed by atoms with E-state index in [0.29, 0.717) is 32.3 Å². The molecule has 0 aliphatic carbocycles. The lowest BCUT2D eigenvalue weighted by Gasteiger charge is -2.51. The molecule has 4 rings (SSSR count). The Kier molecular flexibility index (Phi) is 5.85. The lowest BCUT2D eigenvalue weighted by molar-refractivity contribution is -0.189. The summed E-state index contributed by atoms with van der Waals surface area (Å²) < 4.78 is 11.0. The highest BCUT2D eigenvalue weighted by Gasteiger charge is 2.52. The van der Waals surface area contributed by atoms with Crippen molar-refractivity contribution in [2.45, 2.75) is 32.2 Å². The zero-order chi connectivity index (χ0) is 19.6. The molecule has 0 saturated carbocycles. The highest BCUT2D eigenvalue weighted by Crippen LogP contribution is 2.31. The summed E-state index contributed by atoms with van der Waals surface area (Å²) in [6.45, 7) is 10.1. The zero-order valence-corrected chi connectivity index (χ0v) is 17.2. The largest absolute Gasteiger partial charge is 0.379 e. The van der Waals surface area contributed by atoms with Gasteiger partial charge in [-0.1, -0.05) is 30.4 Å². The molecule has 3 fully saturated rings. The predicted octanol–water partition coefficient (Wildman–Crippen LogP) is 2.66. The molecule has 0 atom stereocenters. The Balaban J connectivity index is 1.36. The fraction of sp³-hybridized carbons (Fsp3) is 0.609. The Morgan fingerprint density at radius 2 is 1.68 bits per heavy atom. The van der Waals surface area contributed by atoms with Gasteiger partial charge in [0.15, 0.2) is 0 Å². The van der Waals surface area contributed by atoms with E-state index in [2.05, 4.69) is 54.0 Å². The number of morpholine rings is 1. The van der Waals surface area contributed by atoms with Gasteiger partial charge in [0.25, 0.3) is 0 Å². The molecule has 0 aromatic heterocycles. The summed E-state index contributed by atoms with van der Waals surface area (Å²) in [5.41, 5.74) is 3.53. The molecule has 3 aliphatic rings. The van der Waals surface area contributed by atoms with Crippen molar-refractivity contribution in [3.63, 3.8) is 0 Å². The average Bonchev–Trinajstić information content (AvgIpc) is 2.68. The number of hydrogen-bond donors (Lipinski definition) is 0. The van der Waals surface area contributed by atoms with E-state index >= 15 is 0 Å². The van der Waals surface area contributed by atoms with Crippen LogP contribution in [0, 0.1) is 19.8 Å². The Morgan fingerprint density at radius 3 is 2.25 bits per heavy atom. The molecular weight excluding hydrogens is 352 g/mol. The van der Waals surface area contributed by atoms with Gasteiger partial charge in [-0.2, -0.15) is 0 Å². The lowest BCUT2D eigenvalue weighted by Crippen LogP contribution is -2.72. The smallest absolute Gasteiger partial charge is 0.247 e. The molecule has 1 amide bonds. The van der Waals surface area contributed by atoms with Gasteiger partial charge in [0.2, 0.25) is 5.91 Å². The van der Waals surface area contributed by atoms with Crippen LogP contribution in [0.1, 0.15) is 29.5 Å². The molecule has 28 heavy (non-hydrogen) atoms. The van der Waals surface area contributed by atoms with Crippen molar-refractivity contribution in [2.24, 2.45) is 5.92 Å². The molecule has 1 aromatic carbocycles. The SMILES string of the molecule is Cc1cccc(C)c1C=CC1CCN(C(=O)C2(N3CCOCC3)COC2)CC1. The fourth-order valence-electron chi connectivity index (χ4n) is 4.64. The second-order valence-electron chi connectivity index (χ2n) is 8.42. The average molecular weight is 385 g/mol. The maximum Gasteiger partial charge on any atom is 0.247 e. The number of ether oxygens (including phenoxy) is 2. The van der Waals surface area contributed by atoms with Crippen molar-refractivity contribution in [3.05, 3.63) is 41.0 Å². The predicted molar refractivity (Wildman–Crippen MR) is 110 cm³/mol. The van der Waals surface area contributed by atoms with Crippen LogP contribution in [0.25, 0.3) is 6.08 Å². The van der Waals surface area contributed by atoms with E-state index in [9.17, 15) is 4.79 Å². The summed E-state index contributed by atoms with van der Waals surface area (Å²) in [6, 6.07) is 6.44. The molecule has 5 nitrogen and oxygen atoms in total. The number of carbonyl (C=O) groups is 1. The third-order valence-corrected chi connectivity index (χ3v) is 6.60. The Hall–Kier alpha value is -1.69. The summed E-state index contributed by atoms with van der Waals surface area (Å²) in [6.07, 6.45) is 6.70. The number of benzene rings is 1. The van der Waals surface area contributed by atoms with Crippen molar-refractivity contribution >= 4 is 12.0 Å². The first-order chi connectivity index (χ1) is 13.6. The van der Waals surface area contributed by atoms with Crippen molar-refractivity contribution in [2.75, 3.05) is 52.6 Å². The minimum atomic E-state index is -0.440. The second kappa shape index (κ2) is 8.36. The van der Waals surface area contributed by atoms with Crippen molar-refractivity contribution in [1.29, 1.82) is 0 Å². The maximum atomic E-state index is 13.3. The van der Waals surface area contributed by atoms with E-state index in [1.165, 1.54) is 16.7 Å². The first kappa shape index (κ1) is 19.6. The number of rotatable bonds is 4. The fourth-order valence-corrected chi connectivity index (χ4v) is 4.64. The van der Waals surface area contributed by atoms with Crippen molar-refractivity contribution < 1.29 is 14.3 Å². The summed E-state index contributed by atoms with van der Waals surface area (Å²) in [5, 5.41) is 0. The molecule has 0 radical (unpaired) electrons. The Labute approximate surface area is 168 Å². The molecule has 152 valence electrons. The maximum absolute atomic E-state index is 13.3. The van der Waals surface area contributed by atoms with Gasteiger partial charge in [-0.25, -0.2) is 0 Å². The summed E-state index contributed by atoms with van der Waals surface area (Å²) in [5.74, 6) is 0.804. The second-order valence-corrected chi connectivity index (χ2v) is 8.42. The third kappa shape index (κ3) is 3.76. The Bertz CT molecular complexity index is 707. The number of amides is 1. The first-order valence-electron chi connectivity index (χ1n) is 10.5. The van der Waals surface area contributed by atoms with E-state index in [0.717, 1.165) is 39.0 Å². The zero-order valence-electron chi connectivity index (χ0n) is 17.2. The Morgan fingerprint density at radius 1 is 1.04 bits per heavy atom. The van der Waals surface area contributed by atoms with Gasteiger partial charge in [-0.05, 0) is 49.3 Å². The standard InChI is InChI=1S/C23H32N2O3/c1-18-4-3-5-19(2)21(18)7-6-20-8-10-24(11-9-20)22(26)23(16-28-17-23)25-12-14-27-15-13-25/h3-7,20H,8-17H2,1-2H3. The number of carbonyl (C=O) groups excluding carboxylic acids is 1. The van der Waals surface area contributed by atoms with Crippen LogP contribution < -0.4 is 0 Å². The molecular formula is C23H32N2O3. The number of piperidine rings is 1. The molecule has 1 aromatic rings. The highest BCUT2D eigenvalue weighted by atomic mass is 16.5. The number of hydrogen-bond acceptors (Lipinski definition) is 4. The monoisotopic (exact) mass is 384 g/mol. The van der Waals surface area contributed by atoms with Crippen molar-refractivity contribution in [1.82, 2.24) is 9.80 Å². The minimum absolute atomic E-state index is 0.262. The molecule has 0 spiro atoms. The number of allylic oxidation sites excluding steroid dienone is 1. The number of aryl methyl sites for hydroxylation is 2. The molecule has 3 aliphatic heterocycles. The molecule has 0 bridgehead atoms. The molecule has 0 N–H and O–H groups in total. The minimum Gasteiger partial charge on any atom is -0.379 e. The highest BCUT2D eigenvalue weighted by molar-refractivity contribution is 5.88. The lowest BCUT2D eigenvalue weighted by atomic mass is 9.89. The van der Waals surface area contributed by atoms with Gasteiger partial charge >= 0.3 is 0 Å². The van der Waals surface area contributed by atoms with Gasteiger partial charge in [0.05, 0.1) is 26.4 Å². The van der Waals surface area contributed by atoms with Crippen LogP contribution in [-0.4, -0.2) is 73.9 Å². The third-order valence-electron chi connectivity index (χ3n) is 6.60. The van der Waals surface area contributed by atoms with Crippen LogP contribution >= 0.6 is 0 Å². The van der Waals surface area contributed by atoms with Gasteiger partial charge < -0.3 is 14.4 Å². The van der Waals surface area contributed by atoms with Gasteiger partial charge in [0, 0.05) is 26.2 Å². The van der Waals surface area contributed by atoms with Gasteiger partial charge in [-0.15, -0.1) is 0 Å². The van der Waals surface area contributed by atoms with Crippen LogP contribution in [0.5, 0.6) is 0 Å². The van der Waals surface area contributed by atoms with Crippen LogP contribution in [0.4, 0.5) is 0 Å². The molecule has 3 heterocycles. The number of likely N-dealkylation sites (tertiary alicyclic amines) is 1. The molecule has 0 unspecified atom stereocenters. The van der Waals surface area contributed by atoms with Crippen LogP contribution in [0.15, 0.2) is 24.3 Å². The normalized spacial score (nSPS) is 23.7.